The molecule has 2 aromatic carbocycles. The molecule has 4 nitrogen and oxygen atoms in total. The topological polar surface area (TPSA) is 49.8 Å². The van der Waals surface area contributed by atoms with Crippen molar-refractivity contribution in [2.75, 3.05) is 17.2 Å². The third kappa shape index (κ3) is 4.73. The number of nitrogens with zero attached hydrogens (tertiary/aromatic N) is 2. The maximum Gasteiger partial charge on any atom is 0.136 e. The molecule has 1 aromatic heterocycles. The van der Waals surface area contributed by atoms with Crippen LogP contribution in [0.2, 0.25) is 0 Å². The van der Waals surface area contributed by atoms with E-state index in [1.807, 2.05) is 6.07 Å². The van der Waals surface area contributed by atoms with Gasteiger partial charge in [0.25, 0.3) is 0 Å². The largest absolute Gasteiger partial charge is 0.370 e. The van der Waals surface area contributed by atoms with E-state index in [4.69, 9.17) is 0 Å². The lowest BCUT2D eigenvalue weighted by Gasteiger charge is -2.10. The van der Waals surface area contributed by atoms with Gasteiger partial charge in [-0.15, -0.1) is 0 Å². The number of halogens is 2. The summed E-state index contributed by atoms with van der Waals surface area (Å²) in [6.07, 6.45) is 0.544. The fourth-order valence-electron chi connectivity index (χ4n) is 2.46. The van der Waals surface area contributed by atoms with Crippen LogP contribution in [-0.4, -0.2) is 16.5 Å². The van der Waals surface area contributed by atoms with Crippen molar-refractivity contribution in [3.63, 3.8) is 0 Å². The summed E-state index contributed by atoms with van der Waals surface area (Å²) < 4.78 is 26.9. The fourth-order valence-corrected chi connectivity index (χ4v) is 2.46. The van der Waals surface area contributed by atoms with Crippen LogP contribution in [0.5, 0.6) is 0 Å². The molecule has 0 aliphatic heterocycles. The van der Waals surface area contributed by atoms with Gasteiger partial charge in [0.2, 0.25) is 0 Å². The molecular weight excluding hydrogens is 322 g/mol. The summed E-state index contributed by atoms with van der Waals surface area (Å²) in [5.41, 5.74) is 1.26. The molecule has 2 N–H and O–H groups in total. The molecule has 0 spiro atoms. The van der Waals surface area contributed by atoms with Crippen molar-refractivity contribution in [3.05, 3.63) is 77.6 Å². The van der Waals surface area contributed by atoms with Gasteiger partial charge in [-0.25, -0.2) is 18.7 Å². The summed E-state index contributed by atoms with van der Waals surface area (Å²) in [6, 6.07) is 14.6. The molecule has 3 rings (SSSR count). The van der Waals surface area contributed by atoms with Crippen molar-refractivity contribution in [2.24, 2.45) is 0 Å². The van der Waals surface area contributed by atoms with Crippen molar-refractivity contribution in [1.82, 2.24) is 9.97 Å². The second-order valence-electron chi connectivity index (χ2n) is 5.59. The van der Waals surface area contributed by atoms with Gasteiger partial charge in [-0.1, -0.05) is 24.3 Å². The van der Waals surface area contributed by atoms with E-state index in [1.54, 1.807) is 37.3 Å². The predicted octanol–water partition coefficient (Wildman–Crippen LogP) is 4.46. The van der Waals surface area contributed by atoms with Crippen LogP contribution in [0.25, 0.3) is 0 Å². The number of anilines is 3. The maximum atomic E-state index is 13.6. The summed E-state index contributed by atoms with van der Waals surface area (Å²) in [7, 11) is 0. The van der Waals surface area contributed by atoms with Gasteiger partial charge in [-0.2, -0.15) is 0 Å². The van der Waals surface area contributed by atoms with Gasteiger partial charge < -0.3 is 10.6 Å². The van der Waals surface area contributed by atoms with Crippen molar-refractivity contribution in [1.29, 1.82) is 0 Å². The van der Waals surface area contributed by atoms with E-state index in [0.717, 1.165) is 0 Å². The average molecular weight is 340 g/mol. The number of hydrogen-bond donors (Lipinski definition) is 2. The summed E-state index contributed by atoms with van der Waals surface area (Å²) >= 11 is 0. The summed E-state index contributed by atoms with van der Waals surface area (Å²) in [4.78, 5) is 8.61. The van der Waals surface area contributed by atoms with E-state index < -0.39 is 0 Å². The van der Waals surface area contributed by atoms with Crippen LogP contribution in [0.15, 0.2) is 54.6 Å². The first-order valence-electron chi connectivity index (χ1n) is 7.96. The Labute approximate surface area is 145 Å². The third-order valence-corrected chi connectivity index (χ3v) is 3.59. The lowest BCUT2D eigenvalue weighted by Crippen LogP contribution is -2.09. The normalized spacial score (nSPS) is 10.5. The molecule has 0 fully saturated rings. The van der Waals surface area contributed by atoms with E-state index in [-0.39, 0.29) is 11.6 Å². The minimum atomic E-state index is -0.320. The van der Waals surface area contributed by atoms with Crippen LogP contribution in [0.1, 0.15) is 11.4 Å². The zero-order valence-corrected chi connectivity index (χ0v) is 13.8. The maximum absolute atomic E-state index is 13.6. The van der Waals surface area contributed by atoms with E-state index in [2.05, 4.69) is 20.6 Å². The zero-order valence-electron chi connectivity index (χ0n) is 13.8. The minimum Gasteiger partial charge on any atom is -0.370 e. The summed E-state index contributed by atoms with van der Waals surface area (Å²) in [5, 5.41) is 6.22. The molecule has 0 aliphatic carbocycles. The van der Waals surface area contributed by atoms with E-state index in [9.17, 15) is 8.78 Å². The molecule has 0 unspecified atom stereocenters. The Kier molecular flexibility index (Phi) is 5.18. The third-order valence-electron chi connectivity index (χ3n) is 3.59. The van der Waals surface area contributed by atoms with Crippen molar-refractivity contribution in [3.8, 4) is 0 Å². The number of aryl methyl sites for hydroxylation is 1. The second kappa shape index (κ2) is 7.70. The Bertz CT molecular complexity index is 868. The Morgan fingerprint density at radius 2 is 1.72 bits per heavy atom. The van der Waals surface area contributed by atoms with E-state index >= 15 is 0 Å². The lowest BCUT2D eigenvalue weighted by atomic mass is 10.1. The molecule has 3 aromatic rings. The number of nitrogens with one attached hydrogen (secondary N) is 2. The highest BCUT2D eigenvalue weighted by Crippen LogP contribution is 2.18. The predicted molar refractivity (Wildman–Crippen MR) is 95.0 cm³/mol. The number of aromatic nitrogens is 2. The standard InChI is InChI=1S/C19H18F2N4/c1-13-23-18(22-10-9-14-5-2-3-8-17(14)21)12-19(24-13)25-16-7-4-6-15(20)11-16/h2-8,11-12H,9-10H2,1H3,(H2,22,23,24,25). The fraction of sp³-hybridized carbons (Fsp3) is 0.158. The molecule has 128 valence electrons. The highest BCUT2D eigenvalue weighted by molar-refractivity contribution is 5.59. The van der Waals surface area contributed by atoms with Crippen molar-refractivity contribution >= 4 is 17.3 Å². The van der Waals surface area contributed by atoms with Crippen LogP contribution in [-0.2, 0) is 6.42 Å². The van der Waals surface area contributed by atoms with Crippen LogP contribution >= 0.6 is 0 Å². The molecule has 0 bridgehead atoms. The Morgan fingerprint density at radius 1 is 0.920 bits per heavy atom. The summed E-state index contributed by atoms with van der Waals surface area (Å²) in [5.74, 6) is 1.24. The van der Waals surface area contributed by atoms with Gasteiger partial charge >= 0.3 is 0 Å². The number of rotatable bonds is 6. The minimum absolute atomic E-state index is 0.211. The molecule has 0 aliphatic rings. The molecule has 0 radical (unpaired) electrons. The Morgan fingerprint density at radius 3 is 2.52 bits per heavy atom. The van der Waals surface area contributed by atoms with Crippen LogP contribution in [0.3, 0.4) is 0 Å². The van der Waals surface area contributed by atoms with Gasteiger partial charge in [0.1, 0.15) is 29.1 Å². The van der Waals surface area contributed by atoms with Crippen molar-refractivity contribution < 1.29 is 8.78 Å². The molecule has 0 amide bonds. The van der Waals surface area contributed by atoms with Gasteiger partial charge in [0.15, 0.2) is 0 Å². The van der Waals surface area contributed by atoms with E-state index in [1.165, 1.54) is 18.2 Å². The molecular formula is C19H18F2N4. The Balaban J connectivity index is 1.66. The first-order chi connectivity index (χ1) is 12.1. The Hall–Kier alpha value is -3.02. The molecule has 25 heavy (non-hydrogen) atoms. The highest BCUT2D eigenvalue weighted by Gasteiger charge is 2.05. The number of hydrogen-bond acceptors (Lipinski definition) is 4. The van der Waals surface area contributed by atoms with Gasteiger partial charge in [0, 0.05) is 18.3 Å². The second-order valence-corrected chi connectivity index (χ2v) is 5.59. The van der Waals surface area contributed by atoms with Crippen LogP contribution < -0.4 is 10.6 Å². The molecule has 1 heterocycles. The van der Waals surface area contributed by atoms with Crippen LogP contribution in [0.4, 0.5) is 26.1 Å². The molecule has 0 saturated heterocycles. The average Bonchev–Trinajstić information content (AvgIpc) is 2.56. The lowest BCUT2D eigenvalue weighted by molar-refractivity contribution is 0.610. The first kappa shape index (κ1) is 16.8. The monoisotopic (exact) mass is 340 g/mol. The van der Waals surface area contributed by atoms with Gasteiger partial charge in [-0.05, 0) is 43.2 Å². The smallest absolute Gasteiger partial charge is 0.136 e. The van der Waals surface area contributed by atoms with E-state index in [0.29, 0.717) is 41.7 Å². The van der Waals surface area contributed by atoms with Crippen molar-refractivity contribution in [2.45, 2.75) is 13.3 Å². The molecule has 0 atom stereocenters. The first-order valence-corrected chi connectivity index (χ1v) is 7.96. The highest BCUT2D eigenvalue weighted by atomic mass is 19.1. The van der Waals surface area contributed by atoms with Gasteiger partial charge in [-0.3, -0.25) is 0 Å². The zero-order chi connectivity index (χ0) is 17.6. The van der Waals surface area contributed by atoms with Gasteiger partial charge in [0.05, 0.1) is 0 Å². The number of benzene rings is 2. The SMILES string of the molecule is Cc1nc(NCCc2ccccc2F)cc(Nc2cccc(F)c2)n1. The summed E-state index contributed by atoms with van der Waals surface area (Å²) in [6.45, 7) is 2.32. The molecule has 0 saturated carbocycles. The quantitative estimate of drug-likeness (QED) is 0.695. The molecule has 6 heteroatoms. The van der Waals surface area contributed by atoms with Crippen LogP contribution in [0, 0.1) is 18.6 Å².